The van der Waals surface area contributed by atoms with Gasteiger partial charge in [0.05, 0.1) is 22.3 Å². The lowest BCUT2D eigenvalue weighted by molar-refractivity contribution is -0.384. The Morgan fingerprint density at radius 3 is 2.69 bits per heavy atom. The summed E-state index contributed by atoms with van der Waals surface area (Å²) in [6, 6.07) is 2.83. The van der Waals surface area contributed by atoms with Crippen LogP contribution in [0.3, 0.4) is 0 Å². The van der Waals surface area contributed by atoms with Crippen LogP contribution < -0.4 is 11.1 Å². The van der Waals surface area contributed by atoms with Crippen LogP contribution in [0.5, 0.6) is 0 Å². The summed E-state index contributed by atoms with van der Waals surface area (Å²) in [7, 11) is 0. The van der Waals surface area contributed by atoms with Gasteiger partial charge in [-0.1, -0.05) is 26.2 Å². The number of aromatic nitrogens is 4. The van der Waals surface area contributed by atoms with E-state index in [9.17, 15) is 19.7 Å². The quantitative estimate of drug-likeness (QED) is 0.302. The smallest absolute Gasteiger partial charge is 0.316 e. The van der Waals surface area contributed by atoms with E-state index in [2.05, 4.69) is 16.9 Å². The standard InChI is InChI=1S/C17H19N5O4/c1-2-3-4-5-7-21-13-10-14(20-8-6-18-11-20)15(22(25)26)9-12(13)19-16(23)17(21)24/h6,8-11H,2-5,7H2,1H3,(H,19,23). The van der Waals surface area contributed by atoms with E-state index < -0.39 is 16.0 Å². The van der Waals surface area contributed by atoms with Crippen LogP contribution in [0.4, 0.5) is 5.69 Å². The van der Waals surface area contributed by atoms with Gasteiger partial charge in [-0.25, -0.2) is 4.98 Å². The summed E-state index contributed by atoms with van der Waals surface area (Å²) in [6.45, 7) is 2.48. The van der Waals surface area contributed by atoms with E-state index in [0.29, 0.717) is 12.1 Å². The molecule has 26 heavy (non-hydrogen) atoms. The van der Waals surface area contributed by atoms with Gasteiger partial charge in [0.25, 0.3) is 5.69 Å². The predicted octanol–water partition coefficient (Wildman–Crippen LogP) is 2.36. The number of fused-ring (bicyclic) bond motifs is 1. The zero-order chi connectivity index (χ0) is 18.7. The Morgan fingerprint density at radius 2 is 2.04 bits per heavy atom. The van der Waals surface area contributed by atoms with E-state index in [1.807, 2.05) is 0 Å². The van der Waals surface area contributed by atoms with E-state index in [1.54, 1.807) is 12.3 Å². The first-order valence-corrected chi connectivity index (χ1v) is 8.46. The molecule has 3 rings (SSSR count). The molecule has 9 nitrogen and oxygen atoms in total. The number of nitrogens with zero attached hydrogens (tertiary/aromatic N) is 4. The molecule has 0 fully saturated rings. The molecule has 2 aromatic heterocycles. The summed E-state index contributed by atoms with van der Waals surface area (Å²) < 4.78 is 2.91. The van der Waals surface area contributed by atoms with Crippen molar-refractivity contribution in [3.63, 3.8) is 0 Å². The fourth-order valence-electron chi connectivity index (χ4n) is 2.97. The second kappa shape index (κ2) is 7.34. The van der Waals surface area contributed by atoms with E-state index in [4.69, 9.17) is 0 Å². The number of benzene rings is 1. The molecule has 0 bridgehead atoms. The van der Waals surface area contributed by atoms with E-state index in [1.165, 1.54) is 27.7 Å². The fraction of sp³-hybridized carbons (Fsp3) is 0.353. The van der Waals surface area contributed by atoms with Gasteiger partial charge in [0.15, 0.2) is 0 Å². The van der Waals surface area contributed by atoms with Gasteiger partial charge in [-0.3, -0.25) is 19.7 Å². The number of nitro benzene ring substituents is 1. The molecule has 0 aliphatic heterocycles. The molecule has 0 atom stereocenters. The fourth-order valence-corrected chi connectivity index (χ4v) is 2.97. The third-order valence-electron chi connectivity index (χ3n) is 4.29. The maximum atomic E-state index is 12.3. The van der Waals surface area contributed by atoms with Crippen LogP contribution in [0.1, 0.15) is 32.6 Å². The first-order chi connectivity index (χ1) is 12.5. The second-order valence-electron chi connectivity index (χ2n) is 6.06. The maximum absolute atomic E-state index is 12.3. The molecule has 1 N–H and O–H groups in total. The van der Waals surface area contributed by atoms with Crippen LogP contribution in [0, 0.1) is 10.1 Å². The molecule has 0 saturated carbocycles. The predicted molar refractivity (Wildman–Crippen MR) is 96.7 cm³/mol. The first kappa shape index (κ1) is 17.6. The van der Waals surface area contributed by atoms with Gasteiger partial charge in [0.2, 0.25) is 0 Å². The van der Waals surface area contributed by atoms with Crippen LogP contribution in [0.2, 0.25) is 0 Å². The maximum Gasteiger partial charge on any atom is 0.316 e. The lowest BCUT2D eigenvalue weighted by Crippen LogP contribution is -2.36. The van der Waals surface area contributed by atoms with Crippen molar-refractivity contribution >= 4 is 16.7 Å². The normalized spacial score (nSPS) is 11.1. The Morgan fingerprint density at radius 1 is 1.23 bits per heavy atom. The van der Waals surface area contributed by atoms with Crippen molar-refractivity contribution in [2.45, 2.75) is 39.2 Å². The van der Waals surface area contributed by atoms with Crippen molar-refractivity contribution in [1.82, 2.24) is 19.1 Å². The molecule has 136 valence electrons. The number of rotatable bonds is 7. The monoisotopic (exact) mass is 357 g/mol. The highest BCUT2D eigenvalue weighted by Crippen LogP contribution is 2.27. The SMILES string of the molecule is CCCCCCn1c(=O)c(=O)[nH]c2cc([N+](=O)[O-])c(-n3ccnc3)cc21. The highest BCUT2D eigenvalue weighted by Gasteiger charge is 2.19. The van der Waals surface area contributed by atoms with E-state index in [-0.39, 0.29) is 16.9 Å². The molecular weight excluding hydrogens is 338 g/mol. The Labute approximate surface area is 148 Å². The number of aryl methyl sites for hydroxylation is 1. The summed E-state index contributed by atoms with van der Waals surface area (Å²) in [5, 5.41) is 11.5. The van der Waals surface area contributed by atoms with Crippen LogP contribution in [0.25, 0.3) is 16.7 Å². The topological polar surface area (TPSA) is 116 Å². The first-order valence-electron chi connectivity index (χ1n) is 8.46. The largest absolute Gasteiger partial charge is 0.316 e. The van der Waals surface area contributed by atoms with Crippen molar-refractivity contribution in [3.05, 3.63) is 61.7 Å². The lowest BCUT2D eigenvalue weighted by Gasteiger charge is -2.12. The van der Waals surface area contributed by atoms with Crippen molar-refractivity contribution in [1.29, 1.82) is 0 Å². The highest BCUT2D eigenvalue weighted by molar-refractivity contribution is 5.82. The molecule has 1 aromatic carbocycles. The number of aromatic amines is 1. The van der Waals surface area contributed by atoms with E-state index in [0.717, 1.165) is 25.7 Å². The molecule has 9 heteroatoms. The summed E-state index contributed by atoms with van der Waals surface area (Å²) in [4.78, 5) is 41.6. The number of nitro groups is 1. The summed E-state index contributed by atoms with van der Waals surface area (Å²) in [5.74, 6) is 0. The minimum absolute atomic E-state index is 0.178. The van der Waals surface area contributed by atoms with Crippen LogP contribution >= 0.6 is 0 Å². The lowest BCUT2D eigenvalue weighted by atomic mass is 10.2. The van der Waals surface area contributed by atoms with Gasteiger partial charge in [0.1, 0.15) is 5.69 Å². The molecule has 0 unspecified atom stereocenters. The van der Waals surface area contributed by atoms with Gasteiger partial charge in [-0.2, -0.15) is 0 Å². The number of hydrogen-bond acceptors (Lipinski definition) is 5. The Balaban J connectivity index is 2.21. The Kier molecular flexibility index (Phi) is 4.97. The molecule has 2 heterocycles. The second-order valence-corrected chi connectivity index (χ2v) is 6.06. The number of unbranched alkanes of at least 4 members (excludes halogenated alkanes) is 3. The molecule has 0 radical (unpaired) electrons. The van der Waals surface area contributed by atoms with Gasteiger partial charge < -0.3 is 14.1 Å². The van der Waals surface area contributed by atoms with Crippen LogP contribution in [-0.4, -0.2) is 24.0 Å². The van der Waals surface area contributed by atoms with Crippen molar-refractivity contribution in [2.24, 2.45) is 0 Å². The van der Waals surface area contributed by atoms with Crippen molar-refractivity contribution in [3.8, 4) is 5.69 Å². The highest BCUT2D eigenvalue weighted by atomic mass is 16.6. The van der Waals surface area contributed by atoms with Crippen LogP contribution in [-0.2, 0) is 6.54 Å². The summed E-state index contributed by atoms with van der Waals surface area (Å²) in [5.41, 5.74) is -0.603. The Hall–Kier alpha value is -3.23. The third-order valence-corrected chi connectivity index (χ3v) is 4.29. The molecule has 0 aliphatic carbocycles. The molecule has 3 aromatic rings. The number of nitrogens with one attached hydrogen (secondary N) is 1. The third kappa shape index (κ3) is 3.28. The molecule has 0 spiro atoms. The summed E-state index contributed by atoms with van der Waals surface area (Å²) >= 11 is 0. The van der Waals surface area contributed by atoms with Crippen molar-refractivity contribution in [2.75, 3.05) is 0 Å². The molecular formula is C17H19N5O4. The zero-order valence-corrected chi connectivity index (χ0v) is 14.3. The summed E-state index contributed by atoms with van der Waals surface area (Å²) in [6.07, 6.45) is 8.34. The van der Waals surface area contributed by atoms with Gasteiger partial charge in [-0.05, 0) is 12.5 Å². The molecule has 0 aliphatic rings. The average molecular weight is 357 g/mol. The van der Waals surface area contributed by atoms with Gasteiger partial charge in [0, 0.05) is 25.0 Å². The number of imidazole rings is 1. The zero-order valence-electron chi connectivity index (χ0n) is 14.3. The van der Waals surface area contributed by atoms with Crippen LogP contribution in [0.15, 0.2) is 40.4 Å². The minimum Gasteiger partial charge on any atom is -0.316 e. The van der Waals surface area contributed by atoms with E-state index >= 15 is 0 Å². The van der Waals surface area contributed by atoms with Gasteiger partial charge >= 0.3 is 11.1 Å². The Bertz CT molecular complexity index is 1050. The van der Waals surface area contributed by atoms with Crippen molar-refractivity contribution < 1.29 is 4.92 Å². The van der Waals surface area contributed by atoms with Gasteiger partial charge in [-0.15, -0.1) is 0 Å². The average Bonchev–Trinajstić information content (AvgIpc) is 3.15. The number of hydrogen-bond donors (Lipinski definition) is 1. The number of H-pyrrole nitrogens is 1. The molecule has 0 amide bonds. The molecule has 0 saturated heterocycles. The minimum atomic E-state index is -0.780.